The molecule has 0 saturated carbocycles. The first-order valence-corrected chi connectivity index (χ1v) is 8.09. The zero-order chi connectivity index (χ0) is 16.4. The van der Waals surface area contributed by atoms with Crippen LogP contribution >= 0.6 is 12.2 Å². The van der Waals surface area contributed by atoms with Crippen LogP contribution in [0.3, 0.4) is 0 Å². The average Bonchev–Trinajstić information content (AvgIpc) is 2.90. The van der Waals surface area contributed by atoms with E-state index >= 15 is 0 Å². The van der Waals surface area contributed by atoms with Crippen molar-refractivity contribution in [1.82, 2.24) is 4.90 Å². The fourth-order valence-electron chi connectivity index (χ4n) is 3.46. The summed E-state index contributed by atoms with van der Waals surface area (Å²) in [6.07, 6.45) is 0.778. The molecule has 2 aromatic carbocycles. The van der Waals surface area contributed by atoms with Crippen molar-refractivity contribution < 1.29 is 9.53 Å². The summed E-state index contributed by atoms with van der Waals surface area (Å²) < 4.78 is 6.22. The molecule has 3 rings (SSSR count). The highest BCUT2D eigenvalue weighted by molar-refractivity contribution is 7.80. The lowest BCUT2D eigenvalue weighted by molar-refractivity contribution is -0.117. The quantitative estimate of drug-likeness (QED) is 0.634. The summed E-state index contributed by atoms with van der Waals surface area (Å²) in [4.78, 5) is 13.2. The van der Waals surface area contributed by atoms with Gasteiger partial charge in [-0.05, 0) is 18.1 Å². The van der Waals surface area contributed by atoms with Crippen molar-refractivity contribution in [2.75, 3.05) is 0 Å². The monoisotopic (exact) mass is 325 g/mol. The maximum atomic E-state index is 11.6. The van der Waals surface area contributed by atoms with E-state index in [1.165, 1.54) is 0 Å². The molecule has 4 heteroatoms. The third-order valence-electron chi connectivity index (χ3n) is 4.33. The van der Waals surface area contributed by atoms with Gasteiger partial charge in [0.05, 0.1) is 6.04 Å². The van der Waals surface area contributed by atoms with Crippen LogP contribution in [0, 0.1) is 5.92 Å². The average molecular weight is 325 g/mol. The van der Waals surface area contributed by atoms with Gasteiger partial charge in [-0.1, -0.05) is 74.5 Å². The van der Waals surface area contributed by atoms with E-state index in [0.29, 0.717) is 0 Å². The molecule has 1 aliphatic rings. The molecule has 0 spiro atoms. The summed E-state index contributed by atoms with van der Waals surface area (Å²) in [5, 5.41) is 0.228. The van der Waals surface area contributed by atoms with E-state index < -0.39 is 5.60 Å². The zero-order valence-corrected chi connectivity index (χ0v) is 14.0. The Labute approximate surface area is 141 Å². The Morgan fingerprint density at radius 1 is 1.04 bits per heavy atom. The van der Waals surface area contributed by atoms with Gasteiger partial charge in [0.2, 0.25) is 6.41 Å². The Bertz CT molecular complexity index is 660. The highest BCUT2D eigenvalue weighted by Crippen LogP contribution is 2.46. The first kappa shape index (κ1) is 15.7. The fraction of sp³-hybridized carbons (Fsp3) is 0.263. The van der Waals surface area contributed by atoms with Crippen LogP contribution in [0.15, 0.2) is 60.7 Å². The number of benzene rings is 2. The van der Waals surface area contributed by atoms with Gasteiger partial charge in [-0.2, -0.15) is 0 Å². The number of hydrogen-bond donors (Lipinski definition) is 0. The molecule has 2 aromatic rings. The highest BCUT2D eigenvalue weighted by atomic mass is 32.1. The minimum absolute atomic E-state index is 0.168. The van der Waals surface area contributed by atoms with E-state index in [1.807, 2.05) is 60.7 Å². The molecular formula is C19H19NO2S. The summed E-state index contributed by atoms with van der Waals surface area (Å²) in [7, 11) is 0. The Kier molecular flexibility index (Phi) is 4.18. The lowest BCUT2D eigenvalue weighted by Crippen LogP contribution is -2.47. The third-order valence-corrected chi connectivity index (χ3v) is 4.62. The maximum Gasteiger partial charge on any atom is 0.267 e. The van der Waals surface area contributed by atoms with Crippen LogP contribution in [0.2, 0.25) is 0 Å². The molecule has 1 heterocycles. The number of ether oxygens (including phenoxy) is 1. The van der Waals surface area contributed by atoms with Gasteiger partial charge < -0.3 is 4.74 Å². The van der Waals surface area contributed by atoms with Gasteiger partial charge in [0.25, 0.3) is 5.17 Å². The van der Waals surface area contributed by atoms with Crippen LogP contribution in [0.1, 0.15) is 25.0 Å². The third kappa shape index (κ3) is 2.43. The van der Waals surface area contributed by atoms with Gasteiger partial charge in [-0.25, -0.2) is 0 Å². The smallest absolute Gasteiger partial charge is 0.267 e. The minimum atomic E-state index is -0.783. The van der Waals surface area contributed by atoms with Crippen molar-refractivity contribution in [2.24, 2.45) is 5.92 Å². The second-order valence-electron chi connectivity index (χ2n) is 6.04. The second kappa shape index (κ2) is 6.13. The van der Waals surface area contributed by atoms with Crippen molar-refractivity contribution in [1.29, 1.82) is 0 Å². The van der Waals surface area contributed by atoms with Gasteiger partial charge in [0.15, 0.2) is 5.60 Å². The van der Waals surface area contributed by atoms with Gasteiger partial charge in [-0.3, -0.25) is 9.69 Å². The van der Waals surface area contributed by atoms with Crippen molar-refractivity contribution in [3.63, 3.8) is 0 Å². The molecule has 1 amide bonds. The second-order valence-corrected chi connectivity index (χ2v) is 6.39. The summed E-state index contributed by atoms with van der Waals surface area (Å²) in [5.41, 5.74) is 1.21. The molecule has 0 aromatic heterocycles. The largest absolute Gasteiger partial charge is 0.452 e. The van der Waals surface area contributed by atoms with Crippen molar-refractivity contribution in [2.45, 2.75) is 25.5 Å². The van der Waals surface area contributed by atoms with Gasteiger partial charge in [0.1, 0.15) is 0 Å². The Morgan fingerprint density at radius 3 is 1.91 bits per heavy atom. The van der Waals surface area contributed by atoms with Gasteiger partial charge in [-0.15, -0.1) is 0 Å². The number of nitrogens with zero attached hydrogens (tertiary/aromatic N) is 1. The van der Waals surface area contributed by atoms with Crippen LogP contribution in [0.25, 0.3) is 0 Å². The molecule has 0 unspecified atom stereocenters. The molecule has 1 saturated heterocycles. The SMILES string of the molecule is CC(C)[C@@H]1N(C=O)C(=S)OC1(c1ccccc1)c1ccccc1. The Balaban J connectivity index is 2.28. The Hall–Kier alpha value is -2.20. The molecule has 0 N–H and O–H groups in total. The van der Waals surface area contributed by atoms with Crippen LogP contribution in [-0.2, 0) is 15.1 Å². The molecule has 0 aliphatic carbocycles. The Morgan fingerprint density at radius 2 is 1.52 bits per heavy atom. The van der Waals surface area contributed by atoms with Gasteiger partial charge in [0, 0.05) is 11.1 Å². The lowest BCUT2D eigenvalue weighted by atomic mass is 9.76. The van der Waals surface area contributed by atoms with E-state index in [4.69, 9.17) is 17.0 Å². The maximum absolute atomic E-state index is 11.6. The predicted octanol–water partition coefficient (Wildman–Crippen LogP) is 3.73. The van der Waals surface area contributed by atoms with E-state index in [9.17, 15) is 4.79 Å². The summed E-state index contributed by atoms with van der Waals surface area (Å²) in [6, 6.07) is 19.8. The molecular weight excluding hydrogens is 306 g/mol. The van der Waals surface area contributed by atoms with Crippen molar-refractivity contribution in [3.8, 4) is 0 Å². The first-order chi connectivity index (χ1) is 11.1. The van der Waals surface area contributed by atoms with E-state index in [2.05, 4.69) is 13.8 Å². The molecule has 1 fully saturated rings. The summed E-state index contributed by atoms with van der Waals surface area (Å²) in [5.74, 6) is 0.168. The zero-order valence-electron chi connectivity index (χ0n) is 13.2. The number of carbonyl (C=O) groups is 1. The van der Waals surface area contributed by atoms with Crippen molar-refractivity contribution >= 4 is 23.8 Å². The standard InChI is InChI=1S/C19H19NO2S/c1-14(2)17-19(15-9-5-3-6-10-15,16-11-7-4-8-12-16)22-18(23)20(17)13-21/h3-14,17H,1-2H3/t17-/m0/s1. The van der Waals surface area contributed by atoms with Crippen LogP contribution in [-0.4, -0.2) is 22.5 Å². The van der Waals surface area contributed by atoms with E-state index in [1.54, 1.807) is 4.90 Å². The minimum Gasteiger partial charge on any atom is -0.452 e. The summed E-state index contributed by atoms with van der Waals surface area (Å²) in [6.45, 7) is 4.16. The number of rotatable bonds is 4. The van der Waals surface area contributed by atoms with Crippen LogP contribution in [0.4, 0.5) is 0 Å². The van der Waals surface area contributed by atoms with Crippen LogP contribution in [0.5, 0.6) is 0 Å². The topological polar surface area (TPSA) is 29.5 Å². The molecule has 23 heavy (non-hydrogen) atoms. The number of thiocarbonyl (C=S) groups is 1. The lowest BCUT2D eigenvalue weighted by Gasteiger charge is -2.37. The fourth-order valence-corrected chi connectivity index (χ4v) is 3.75. The number of carbonyl (C=O) groups excluding carboxylic acids is 1. The van der Waals surface area contributed by atoms with Crippen molar-refractivity contribution in [3.05, 3.63) is 71.8 Å². The van der Waals surface area contributed by atoms with Crippen LogP contribution < -0.4 is 0 Å². The molecule has 118 valence electrons. The first-order valence-electron chi connectivity index (χ1n) is 7.69. The van der Waals surface area contributed by atoms with E-state index in [-0.39, 0.29) is 17.1 Å². The normalized spacial score (nSPS) is 19.7. The highest BCUT2D eigenvalue weighted by Gasteiger charge is 2.55. The summed E-state index contributed by atoms with van der Waals surface area (Å²) >= 11 is 5.36. The number of hydrogen-bond acceptors (Lipinski definition) is 3. The molecule has 0 bridgehead atoms. The molecule has 3 nitrogen and oxygen atoms in total. The number of amides is 1. The van der Waals surface area contributed by atoms with E-state index in [0.717, 1.165) is 17.5 Å². The molecule has 1 atom stereocenters. The van der Waals surface area contributed by atoms with Gasteiger partial charge >= 0.3 is 0 Å². The molecule has 1 aliphatic heterocycles. The predicted molar refractivity (Wildman–Crippen MR) is 93.9 cm³/mol. The molecule has 0 radical (unpaired) electrons.